The third-order valence-electron chi connectivity index (χ3n) is 2.07. The molecule has 0 atom stereocenters. The number of hydrogen-bond acceptors (Lipinski definition) is 3. The Balaban J connectivity index is 3.00. The molecular formula is C10H8N2O2. The van der Waals surface area contributed by atoms with Crippen LogP contribution in [-0.2, 0) is 0 Å². The van der Waals surface area contributed by atoms with E-state index in [-0.39, 0.29) is 11.3 Å². The number of fused-ring (bicyclic) bond motifs is 1. The monoisotopic (exact) mass is 188 g/mol. The molecule has 0 radical (unpaired) electrons. The summed E-state index contributed by atoms with van der Waals surface area (Å²) in [6.45, 7) is 0. The second kappa shape index (κ2) is 2.99. The maximum absolute atomic E-state index is 11.3. The van der Waals surface area contributed by atoms with E-state index >= 15 is 0 Å². The van der Waals surface area contributed by atoms with Gasteiger partial charge >= 0.3 is 0 Å². The minimum absolute atomic E-state index is 0.0105. The topological polar surface area (TPSA) is 76.9 Å². The van der Waals surface area contributed by atoms with E-state index in [1.165, 1.54) is 0 Å². The third-order valence-corrected chi connectivity index (χ3v) is 2.07. The smallest absolute Gasteiger partial charge is 0.261 e. The molecule has 2 rings (SSSR count). The maximum Gasteiger partial charge on any atom is 0.261 e. The van der Waals surface area contributed by atoms with Crippen molar-refractivity contribution in [1.82, 2.24) is 4.98 Å². The molecule has 1 aromatic heterocycles. The fraction of sp³-hybridized carbons (Fsp3) is 0. The van der Waals surface area contributed by atoms with Crippen LogP contribution < -0.4 is 5.56 Å². The number of hydrogen-bond donors (Lipinski definition) is 3. The Morgan fingerprint density at radius 1 is 1.36 bits per heavy atom. The lowest BCUT2D eigenvalue weighted by Gasteiger charge is -2.02. The second-order valence-electron chi connectivity index (χ2n) is 2.91. The van der Waals surface area contributed by atoms with E-state index in [1.807, 2.05) is 0 Å². The van der Waals surface area contributed by atoms with E-state index in [2.05, 4.69) is 4.98 Å². The van der Waals surface area contributed by atoms with Gasteiger partial charge in [-0.05, 0) is 12.1 Å². The first-order valence-electron chi connectivity index (χ1n) is 4.08. The molecule has 0 saturated heterocycles. The molecule has 0 unspecified atom stereocenters. The molecule has 70 valence electrons. The Bertz CT molecular complexity index is 558. The molecule has 3 N–H and O–H groups in total. The first-order valence-corrected chi connectivity index (χ1v) is 4.08. The number of nitrogens with one attached hydrogen (secondary N) is 2. The van der Waals surface area contributed by atoms with E-state index in [0.29, 0.717) is 10.9 Å². The van der Waals surface area contributed by atoms with E-state index in [0.717, 1.165) is 6.21 Å². The average Bonchev–Trinajstić information content (AvgIpc) is 2.18. The summed E-state index contributed by atoms with van der Waals surface area (Å²) in [6, 6.07) is 6.91. The summed E-state index contributed by atoms with van der Waals surface area (Å²) in [5, 5.41) is 17.2. The van der Waals surface area contributed by atoms with Crippen LogP contribution in [0, 0.1) is 5.41 Å². The summed E-state index contributed by atoms with van der Waals surface area (Å²) in [5.74, 6) is -0.139. The summed E-state index contributed by atoms with van der Waals surface area (Å²) in [6.07, 6.45) is 0.848. The zero-order valence-electron chi connectivity index (χ0n) is 7.24. The van der Waals surface area contributed by atoms with Gasteiger partial charge in [-0.1, -0.05) is 12.1 Å². The number of H-pyrrole nitrogens is 1. The van der Waals surface area contributed by atoms with Crippen molar-refractivity contribution in [3.05, 3.63) is 40.2 Å². The number of aromatic nitrogens is 1. The molecule has 14 heavy (non-hydrogen) atoms. The van der Waals surface area contributed by atoms with Crippen LogP contribution >= 0.6 is 0 Å². The van der Waals surface area contributed by atoms with Gasteiger partial charge in [0.15, 0.2) is 0 Å². The van der Waals surface area contributed by atoms with E-state index in [4.69, 9.17) is 5.41 Å². The summed E-state index contributed by atoms with van der Waals surface area (Å²) < 4.78 is 0. The second-order valence-corrected chi connectivity index (χ2v) is 2.91. The maximum atomic E-state index is 11.3. The highest BCUT2D eigenvalue weighted by Crippen LogP contribution is 2.22. The molecule has 2 aromatic rings. The van der Waals surface area contributed by atoms with Crippen molar-refractivity contribution in [1.29, 1.82) is 5.41 Å². The van der Waals surface area contributed by atoms with Crippen molar-refractivity contribution in [3.8, 4) is 5.75 Å². The molecule has 0 aliphatic carbocycles. The summed E-state index contributed by atoms with van der Waals surface area (Å²) >= 11 is 0. The van der Waals surface area contributed by atoms with E-state index in [9.17, 15) is 9.90 Å². The van der Waals surface area contributed by atoms with Crippen LogP contribution in [0.4, 0.5) is 0 Å². The average molecular weight is 188 g/mol. The van der Waals surface area contributed by atoms with Gasteiger partial charge < -0.3 is 15.5 Å². The SMILES string of the molecule is N=Cc1c(O)c2ccccc2[nH]c1=O. The van der Waals surface area contributed by atoms with Gasteiger partial charge in [0.05, 0.1) is 11.1 Å². The number of para-hydroxylation sites is 1. The van der Waals surface area contributed by atoms with Crippen molar-refractivity contribution in [2.45, 2.75) is 0 Å². The molecule has 0 bridgehead atoms. The van der Waals surface area contributed by atoms with Crippen LogP contribution in [-0.4, -0.2) is 16.3 Å². The standard InChI is InChI=1S/C10H8N2O2/c11-5-7-9(13)6-3-1-2-4-8(6)12-10(7)14/h1-5,11H,(H2,12,13,14). The summed E-state index contributed by atoms with van der Waals surface area (Å²) in [7, 11) is 0. The Labute approximate surface area is 79.3 Å². The normalized spacial score (nSPS) is 10.3. The molecule has 1 aromatic carbocycles. The fourth-order valence-electron chi connectivity index (χ4n) is 1.37. The van der Waals surface area contributed by atoms with Gasteiger partial charge in [0.25, 0.3) is 5.56 Å². The van der Waals surface area contributed by atoms with Crippen molar-refractivity contribution >= 4 is 17.1 Å². The minimum Gasteiger partial charge on any atom is -0.506 e. The van der Waals surface area contributed by atoms with Gasteiger partial charge in [0, 0.05) is 11.6 Å². The third kappa shape index (κ3) is 1.08. The van der Waals surface area contributed by atoms with Crippen molar-refractivity contribution in [3.63, 3.8) is 0 Å². The molecule has 0 amide bonds. The number of benzene rings is 1. The van der Waals surface area contributed by atoms with Gasteiger partial charge in [-0.2, -0.15) is 0 Å². The van der Waals surface area contributed by atoms with Gasteiger partial charge in [-0.25, -0.2) is 0 Å². The van der Waals surface area contributed by atoms with Crippen LogP contribution in [0.3, 0.4) is 0 Å². The fourth-order valence-corrected chi connectivity index (χ4v) is 1.37. The highest BCUT2D eigenvalue weighted by Gasteiger charge is 2.08. The Morgan fingerprint density at radius 3 is 2.79 bits per heavy atom. The quantitative estimate of drug-likeness (QED) is 0.588. The zero-order chi connectivity index (χ0) is 10.1. The molecule has 4 heteroatoms. The molecule has 0 spiro atoms. The van der Waals surface area contributed by atoms with Crippen LogP contribution in [0.1, 0.15) is 5.56 Å². The van der Waals surface area contributed by atoms with Crippen LogP contribution in [0.2, 0.25) is 0 Å². The van der Waals surface area contributed by atoms with Gasteiger partial charge in [-0.15, -0.1) is 0 Å². The van der Waals surface area contributed by atoms with E-state index in [1.54, 1.807) is 24.3 Å². The predicted octanol–water partition coefficient (Wildman–Crippen LogP) is 1.23. The molecule has 0 aliphatic rings. The van der Waals surface area contributed by atoms with Crippen LogP contribution in [0.25, 0.3) is 10.9 Å². The zero-order valence-corrected chi connectivity index (χ0v) is 7.24. The van der Waals surface area contributed by atoms with Crippen LogP contribution in [0.5, 0.6) is 5.75 Å². The Kier molecular flexibility index (Phi) is 1.81. The number of aromatic hydroxyl groups is 1. The number of aromatic amines is 1. The first-order chi connectivity index (χ1) is 6.74. The van der Waals surface area contributed by atoms with Crippen molar-refractivity contribution < 1.29 is 5.11 Å². The highest BCUT2D eigenvalue weighted by molar-refractivity contribution is 5.93. The molecule has 1 heterocycles. The summed E-state index contributed by atoms with van der Waals surface area (Å²) in [4.78, 5) is 13.9. The lowest BCUT2D eigenvalue weighted by Crippen LogP contribution is -2.11. The van der Waals surface area contributed by atoms with E-state index < -0.39 is 5.56 Å². The Hall–Kier alpha value is -2.10. The minimum atomic E-state index is -0.448. The highest BCUT2D eigenvalue weighted by atomic mass is 16.3. The predicted molar refractivity (Wildman–Crippen MR) is 54.1 cm³/mol. The molecule has 4 nitrogen and oxygen atoms in total. The largest absolute Gasteiger partial charge is 0.506 e. The summed E-state index contributed by atoms with van der Waals surface area (Å²) in [5.41, 5.74) is 0.112. The first kappa shape index (κ1) is 8.50. The number of pyridine rings is 1. The van der Waals surface area contributed by atoms with Gasteiger partial charge in [0.2, 0.25) is 0 Å². The Morgan fingerprint density at radius 2 is 2.07 bits per heavy atom. The lowest BCUT2D eigenvalue weighted by molar-refractivity contribution is 0.479. The molecule has 0 aliphatic heterocycles. The molecular weight excluding hydrogens is 180 g/mol. The molecule has 0 saturated carbocycles. The number of rotatable bonds is 1. The van der Waals surface area contributed by atoms with Crippen molar-refractivity contribution in [2.24, 2.45) is 0 Å². The van der Waals surface area contributed by atoms with Gasteiger partial charge in [0.1, 0.15) is 5.75 Å². The lowest BCUT2D eigenvalue weighted by atomic mass is 10.1. The van der Waals surface area contributed by atoms with Crippen molar-refractivity contribution in [2.75, 3.05) is 0 Å². The van der Waals surface area contributed by atoms with Crippen LogP contribution in [0.15, 0.2) is 29.1 Å². The molecule has 0 fully saturated rings. The van der Waals surface area contributed by atoms with Gasteiger partial charge in [-0.3, -0.25) is 4.79 Å².